The molecule has 1 aromatic rings. The first kappa shape index (κ1) is 15.2. The molecule has 0 saturated carbocycles. The Morgan fingerprint density at radius 3 is 2.53 bits per heavy atom. The summed E-state index contributed by atoms with van der Waals surface area (Å²) in [6.07, 6.45) is 2.75. The molecule has 0 aromatic heterocycles. The predicted molar refractivity (Wildman–Crippen MR) is 73.6 cm³/mol. The summed E-state index contributed by atoms with van der Waals surface area (Å²) >= 11 is 0. The molecule has 1 rings (SSSR count). The molecule has 0 spiro atoms. The van der Waals surface area contributed by atoms with Crippen LogP contribution in [0.25, 0.3) is 0 Å². The molecular weight excluding hydrogens is 242 g/mol. The molecule has 4 nitrogen and oxygen atoms in total. The van der Waals surface area contributed by atoms with E-state index in [1.807, 2.05) is 37.3 Å². The minimum atomic E-state index is -0.541. The van der Waals surface area contributed by atoms with Crippen LogP contribution >= 0.6 is 0 Å². The molecule has 1 aromatic carbocycles. The highest BCUT2D eigenvalue weighted by atomic mass is 16.5. The summed E-state index contributed by atoms with van der Waals surface area (Å²) in [4.78, 5) is 23.5. The highest BCUT2D eigenvalue weighted by Crippen LogP contribution is 2.04. The Balaban J connectivity index is 2.53. The van der Waals surface area contributed by atoms with E-state index in [0.717, 1.165) is 18.4 Å². The molecule has 0 aliphatic heterocycles. The van der Waals surface area contributed by atoms with Crippen LogP contribution in [-0.2, 0) is 20.7 Å². The highest BCUT2D eigenvalue weighted by Gasteiger charge is 2.20. The van der Waals surface area contributed by atoms with Gasteiger partial charge in [-0.15, -0.1) is 0 Å². The van der Waals surface area contributed by atoms with Crippen LogP contribution in [0.2, 0.25) is 0 Å². The van der Waals surface area contributed by atoms with E-state index in [1.165, 1.54) is 7.11 Å². The van der Waals surface area contributed by atoms with Gasteiger partial charge >= 0.3 is 5.97 Å². The van der Waals surface area contributed by atoms with E-state index in [4.69, 9.17) is 4.74 Å². The molecule has 0 saturated heterocycles. The van der Waals surface area contributed by atoms with Gasteiger partial charge < -0.3 is 10.1 Å². The number of benzene rings is 1. The van der Waals surface area contributed by atoms with Gasteiger partial charge in [-0.05, 0) is 12.0 Å². The highest BCUT2D eigenvalue weighted by molar-refractivity contribution is 5.85. The first-order valence-corrected chi connectivity index (χ1v) is 6.58. The number of methoxy groups -OCH3 is 1. The molecule has 0 aliphatic carbocycles. The van der Waals surface area contributed by atoms with Crippen molar-refractivity contribution in [1.82, 2.24) is 5.32 Å². The number of carbonyl (C=O) groups excluding carboxylic acids is 2. The monoisotopic (exact) mass is 263 g/mol. The molecule has 104 valence electrons. The van der Waals surface area contributed by atoms with E-state index in [9.17, 15) is 9.59 Å². The van der Waals surface area contributed by atoms with Gasteiger partial charge in [0, 0.05) is 0 Å². The summed E-state index contributed by atoms with van der Waals surface area (Å²) < 4.78 is 4.71. The normalized spacial score (nSPS) is 11.7. The first-order valence-electron chi connectivity index (χ1n) is 6.58. The van der Waals surface area contributed by atoms with E-state index in [2.05, 4.69) is 5.32 Å². The summed E-state index contributed by atoms with van der Waals surface area (Å²) in [5, 5.41) is 2.74. The predicted octanol–water partition coefficient (Wildman–Crippen LogP) is 2.08. The third-order valence-electron chi connectivity index (χ3n) is 2.87. The summed E-state index contributed by atoms with van der Waals surface area (Å²) in [5.41, 5.74) is 0.930. The molecule has 4 heteroatoms. The lowest BCUT2D eigenvalue weighted by Crippen LogP contribution is -2.42. The number of unbranched alkanes of at least 4 members (excludes halogenated alkanes) is 1. The summed E-state index contributed by atoms with van der Waals surface area (Å²) in [6, 6.07) is 8.91. The minimum Gasteiger partial charge on any atom is -0.467 e. The van der Waals surface area contributed by atoms with Crippen LogP contribution in [0.1, 0.15) is 31.7 Å². The zero-order valence-corrected chi connectivity index (χ0v) is 11.5. The number of nitrogens with one attached hydrogen (secondary N) is 1. The van der Waals surface area contributed by atoms with E-state index < -0.39 is 6.04 Å². The van der Waals surface area contributed by atoms with Crippen LogP contribution in [0, 0.1) is 0 Å². The van der Waals surface area contributed by atoms with Gasteiger partial charge in [0.1, 0.15) is 6.04 Å². The van der Waals surface area contributed by atoms with Crippen LogP contribution in [-0.4, -0.2) is 25.0 Å². The number of ether oxygens (including phenoxy) is 1. The van der Waals surface area contributed by atoms with E-state index in [-0.39, 0.29) is 18.3 Å². The van der Waals surface area contributed by atoms with E-state index >= 15 is 0 Å². The average Bonchev–Trinajstić information content (AvgIpc) is 2.43. The maximum Gasteiger partial charge on any atom is 0.328 e. The van der Waals surface area contributed by atoms with Gasteiger partial charge in [0.05, 0.1) is 13.5 Å². The maximum atomic E-state index is 11.9. The van der Waals surface area contributed by atoms with Crippen molar-refractivity contribution in [1.29, 1.82) is 0 Å². The molecular formula is C15H21NO3. The van der Waals surface area contributed by atoms with Gasteiger partial charge in [-0.2, -0.15) is 0 Å². The number of hydrogen-bond acceptors (Lipinski definition) is 3. The molecule has 0 fully saturated rings. The Kier molecular flexibility index (Phi) is 6.64. The number of rotatable bonds is 7. The largest absolute Gasteiger partial charge is 0.467 e. The fourth-order valence-corrected chi connectivity index (χ4v) is 1.83. The zero-order valence-electron chi connectivity index (χ0n) is 11.5. The molecule has 1 amide bonds. The second-order valence-electron chi connectivity index (χ2n) is 4.45. The fourth-order valence-electron chi connectivity index (χ4n) is 1.83. The Hall–Kier alpha value is -1.84. The van der Waals surface area contributed by atoms with Gasteiger partial charge in [-0.25, -0.2) is 4.79 Å². The van der Waals surface area contributed by atoms with Gasteiger partial charge in [-0.1, -0.05) is 50.1 Å². The van der Waals surface area contributed by atoms with Crippen molar-refractivity contribution in [3.8, 4) is 0 Å². The van der Waals surface area contributed by atoms with Crippen LogP contribution in [0.3, 0.4) is 0 Å². The maximum absolute atomic E-state index is 11.9. The van der Waals surface area contributed by atoms with Crippen LogP contribution in [0.5, 0.6) is 0 Å². The standard InChI is InChI=1S/C15H21NO3/c1-3-4-10-13(15(18)19-2)16-14(17)11-12-8-6-5-7-9-12/h5-9,13H,3-4,10-11H2,1-2H3,(H,16,17)/t13-/m0/s1. The minimum absolute atomic E-state index is 0.155. The second kappa shape index (κ2) is 8.29. The van der Waals surface area contributed by atoms with Crippen molar-refractivity contribution < 1.29 is 14.3 Å². The van der Waals surface area contributed by atoms with Crippen molar-refractivity contribution in [2.24, 2.45) is 0 Å². The third-order valence-corrected chi connectivity index (χ3v) is 2.87. The van der Waals surface area contributed by atoms with Gasteiger partial charge in [0.2, 0.25) is 5.91 Å². The molecule has 0 unspecified atom stereocenters. The van der Waals surface area contributed by atoms with Crippen molar-refractivity contribution in [2.45, 2.75) is 38.6 Å². The lowest BCUT2D eigenvalue weighted by molar-refractivity contribution is -0.145. The van der Waals surface area contributed by atoms with Crippen molar-refractivity contribution in [2.75, 3.05) is 7.11 Å². The Morgan fingerprint density at radius 2 is 1.95 bits per heavy atom. The molecule has 1 N–H and O–H groups in total. The van der Waals surface area contributed by atoms with Crippen LogP contribution in [0.15, 0.2) is 30.3 Å². The summed E-state index contributed by atoms with van der Waals surface area (Å²) in [5.74, 6) is -0.535. The van der Waals surface area contributed by atoms with E-state index in [1.54, 1.807) is 0 Å². The summed E-state index contributed by atoms with van der Waals surface area (Å²) in [7, 11) is 1.34. The zero-order chi connectivity index (χ0) is 14.1. The molecule has 1 atom stereocenters. The Bertz CT molecular complexity index is 403. The molecule has 0 aliphatic rings. The van der Waals surface area contributed by atoms with Crippen molar-refractivity contribution in [3.05, 3.63) is 35.9 Å². The first-order chi connectivity index (χ1) is 9.17. The van der Waals surface area contributed by atoms with Gasteiger partial charge in [0.15, 0.2) is 0 Å². The lowest BCUT2D eigenvalue weighted by Gasteiger charge is -2.16. The second-order valence-corrected chi connectivity index (χ2v) is 4.45. The van der Waals surface area contributed by atoms with Gasteiger partial charge in [-0.3, -0.25) is 4.79 Å². The molecule has 0 bridgehead atoms. The SMILES string of the molecule is CCCC[C@H](NC(=O)Cc1ccccc1)C(=O)OC. The Labute approximate surface area is 114 Å². The smallest absolute Gasteiger partial charge is 0.328 e. The quantitative estimate of drug-likeness (QED) is 0.766. The molecule has 0 radical (unpaired) electrons. The van der Waals surface area contributed by atoms with Crippen LogP contribution < -0.4 is 5.32 Å². The average molecular weight is 263 g/mol. The van der Waals surface area contributed by atoms with Crippen molar-refractivity contribution in [3.63, 3.8) is 0 Å². The number of esters is 1. The lowest BCUT2D eigenvalue weighted by atomic mass is 10.1. The number of hydrogen-bond donors (Lipinski definition) is 1. The topological polar surface area (TPSA) is 55.4 Å². The fraction of sp³-hybridized carbons (Fsp3) is 0.467. The van der Waals surface area contributed by atoms with Crippen molar-refractivity contribution >= 4 is 11.9 Å². The number of carbonyl (C=O) groups is 2. The molecule has 0 heterocycles. The van der Waals surface area contributed by atoms with Crippen LogP contribution in [0.4, 0.5) is 0 Å². The molecule has 19 heavy (non-hydrogen) atoms. The van der Waals surface area contributed by atoms with Gasteiger partial charge in [0.25, 0.3) is 0 Å². The van der Waals surface area contributed by atoms with E-state index in [0.29, 0.717) is 6.42 Å². The number of amides is 1. The summed E-state index contributed by atoms with van der Waals surface area (Å²) in [6.45, 7) is 2.04. The Morgan fingerprint density at radius 1 is 1.26 bits per heavy atom. The third kappa shape index (κ3) is 5.55.